The molecule has 4 rings (SSSR count). The Kier molecular flexibility index (Phi) is 5.18. The minimum atomic E-state index is -2.97. The molecule has 1 saturated heterocycles. The molecule has 30 heavy (non-hydrogen) atoms. The minimum Gasteiger partial charge on any atom is -0.440 e. The Morgan fingerprint density at radius 3 is 2.70 bits per heavy atom. The Hall–Kier alpha value is -3.74. The van der Waals surface area contributed by atoms with E-state index >= 15 is 0 Å². The molecule has 1 amide bonds. The van der Waals surface area contributed by atoms with Crippen LogP contribution in [0.2, 0.25) is 0 Å². The van der Waals surface area contributed by atoms with Crippen LogP contribution in [0.5, 0.6) is 5.75 Å². The van der Waals surface area contributed by atoms with Gasteiger partial charge in [-0.15, -0.1) is 0 Å². The Bertz CT molecular complexity index is 1130. The maximum absolute atomic E-state index is 13.0. The van der Waals surface area contributed by atoms with Gasteiger partial charge in [0.1, 0.15) is 16.8 Å². The quantitative estimate of drug-likeness (QED) is 0.649. The fraction of sp³-hybridized carbons (Fsp3) is 0.300. The van der Waals surface area contributed by atoms with Crippen LogP contribution in [0.1, 0.15) is 21.8 Å². The molecule has 2 aromatic heterocycles. The molecule has 1 aliphatic heterocycles. The Morgan fingerprint density at radius 1 is 1.23 bits per heavy atom. The molecule has 0 saturated carbocycles. The van der Waals surface area contributed by atoms with Gasteiger partial charge in [-0.05, 0) is 12.1 Å². The molecule has 0 atom stereocenters. The average molecular weight is 413 g/mol. The number of rotatable bonds is 4. The van der Waals surface area contributed by atoms with Crippen molar-refractivity contribution in [3.8, 4) is 11.8 Å². The average Bonchev–Trinajstić information content (AvgIpc) is 3.12. The fourth-order valence-electron chi connectivity index (χ4n) is 3.46. The zero-order valence-corrected chi connectivity index (χ0v) is 16.0. The van der Waals surface area contributed by atoms with E-state index in [9.17, 15) is 13.6 Å². The molecule has 1 aromatic carbocycles. The monoisotopic (exact) mass is 413 g/mol. The molecule has 3 aromatic rings. The summed E-state index contributed by atoms with van der Waals surface area (Å²) >= 11 is 0. The summed E-state index contributed by atoms with van der Waals surface area (Å²) in [7, 11) is 0. The first-order chi connectivity index (χ1) is 14.4. The lowest BCUT2D eigenvalue weighted by atomic mass is 10.1. The molecular weight excluding hydrogens is 396 g/mol. The first-order valence-corrected chi connectivity index (χ1v) is 9.20. The van der Waals surface area contributed by atoms with E-state index in [0.29, 0.717) is 54.4 Å². The van der Waals surface area contributed by atoms with Crippen molar-refractivity contribution in [2.45, 2.75) is 13.5 Å². The van der Waals surface area contributed by atoms with Crippen LogP contribution in [0, 0.1) is 18.3 Å². The lowest BCUT2D eigenvalue weighted by molar-refractivity contribution is -0.0498. The second-order valence-corrected chi connectivity index (χ2v) is 6.75. The SMILES string of the molecule is Cc1nc2cncc(C(=O)N3CCN(c4cc(C#N)cc(OC(F)F)c4)CC3)c2o1. The summed E-state index contributed by atoms with van der Waals surface area (Å²) in [5.74, 6) is 0.170. The number of anilines is 1. The summed E-state index contributed by atoms with van der Waals surface area (Å²) in [6.07, 6.45) is 3.01. The third kappa shape index (κ3) is 3.87. The number of amides is 1. The summed E-state index contributed by atoms with van der Waals surface area (Å²) in [4.78, 5) is 24.8. The number of pyridine rings is 1. The van der Waals surface area contributed by atoms with E-state index in [-0.39, 0.29) is 17.2 Å². The molecule has 154 valence electrons. The van der Waals surface area contributed by atoms with Gasteiger partial charge in [0.25, 0.3) is 5.91 Å². The Morgan fingerprint density at radius 2 is 2.00 bits per heavy atom. The number of aromatic nitrogens is 2. The van der Waals surface area contributed by atoms with Gasteiger partial charge in [-0.25, -0.2) is 4.98 Å². The summed E-state index contributed by atoms with van der Waals surface area (Å²) in [6, 6.07) is 6.29. The van der Waals surface area contributed by atoms with Crippen LogP contribution in [0.15, 0.2) is 35.0 Å². The molecule has 3 heterocycles. The number of carbonyl (C=O) groups excluding carboxylic acids is 1. The van der Waals surface area contributed by atoms with Crippen molar-refractivity contribution in [1.29, 1.82) is 5.26 Å². The van der Waals surface area contributed by atoms with Crippen LogP contribution in [-0.4, -0.2) is 53.6 Å². The minimum absolute atomic E-state index is 0.0732. The van der Waals surface area contributed by atoms with Gasteiger partial charge >= 0.3 is 6.61 Å². The third-order valence-electron chi connectivity index (χ3n) is 4.81. The highest BCUT2D eigenvalue weighted by Gasteiger charge is 2.26. The number of hydrogen-bond acceptors (Lipinski definition) is 7. The van der Waals surface area contributed by atoms with E-state index in [0.717, 1.165) is 0 Å². The van der Waals surface area contributed by atoms with Gasteiger partial charge in [-0.3, -0.25) is 9.78 Å². The molecule has 0 aliphatic carbocycles. The lowest BCUT2D eigenvalue weighted by Gasteiger charge is -2.36. The second kappa shape index (κ2) is 7.94. The van der Waals surface area contributed by atoms with Crippen molar-refractivity contribution in [2.24, 2.45) is 0 Å². The number of hydrogen-bond donors (Lipinski definition) is 0. The van der Waals surface area contributed by atoms with Crippen LogP contribution in [-0.2, 0) is 0 Å². The molecule has 8 nitrogen and oxygen atoms in total. The normalized spacial score (nSPS) is 14.2. The Balaban J connectivity index is 1.50. The molecule has 10 heteroatoms. The predicted molar refractivity (Wildman–Crippen MR) is 102 cm³/mol. The fourth-order valence-corrected chi connectivity index (χ4v) is 3.46. The maximum atomic E-state index is 13.0. The molecule has 0 spiro atoms. The summed E-state index contributed by atoms with van der Waals surface area (Å²) in [5, 5.41) is 9.16. The summed E-state index contributed by atoms with van der Waals surface area (Å²) in [6.45, 7) is 0.474. The molecule has 0 unspecified atom stereocenters. The lowest BCUT2D eigenvalue weighted by Crippen LogP contribution is -2.48. The van der Waals surface area contributed by atoms with Crippen LogP contribution < -0.4 is 9.64 Å². The van der Waals surface area contributed by atoms with Gasteiger partial charge in [0.15, 0.2) is 11.5 Å². The number of benzene rings is 1. The summed E-state index contributed by atoms with van der Waals surface area (Å²) in [5.41, 5.74) is 2.09. The van der Waals surface area contributed by atoms with Crippen LogP contribution >= 0.6 is 0 Å². The standard InChI is InChI=1S/C20H17F2N5O3/c1-12-25-17-11-24-10-16(18(17)29-12)19(28)27-4-2-26(3-5-27)14-6-13(9-23)7-15(8-14)30-20(21)22/h6-8,10-11,20H,2-5H2,1H3. The third-order valence-corrected chi connectivity index (χ3v) is 4.81. The number of halogens is 2. The van der Waals surface area contributed by atoms with E-state index in [1.54, 1.807) is 24.1 Å². The number of aryl methyl sites for hydroxylation is 1. The highest BCUT2D eigenvalue weighted by Crippen LogP contribution is 2.27. The van der Waals surface area contributed by atoms with E-state index in [2.05, 4.69) is 14.7 Å². The van der Waals surface area contributed by atoms with Crippen LogP contribution in [0.3, 0.4) is 0 Å². The number of oxazole rings is 1. The number of fused-ring (bicyclic) bond motifs is 1. The van der Waals surface area contributed by atoms with Crippen molar-refractivity contribution in [3.63, 3.8) is 0 Å². The number of carbonyl (C=O) groups is 1. The molecule has 0 N–H and O–H groups in total. The molecule has 1 fully saturated rings. The highest BCUT2D eigenvalue weighted by atomic mass is 19.3. The number of ether oxygens (including phenoxy) is 1. The topological polar surface area (TPSA) is 95.5 Å². The van der Waals surface area contributed by atoms with Gasteiger partial charge in [-0.1, -0.05) is 0 Å². The van der Waals surface area contributed by atoms with Crippen molar-refractivity contribution < 1.29 is 22.7 Å². The van der Waals surface area contributed by atoms with E-state index in [4.69, 9.17) is 9.68 Å². The van der Waals surface area contributed by atoms with Crippen molar-refractivity contribution in [1.82, 2.24) is 14.9 Å². The van der Waals surface area contributed by atoms with Gasteiger partial charge in [0.05, 0.1) is 17.8 Å². The zero-order valence-electron chi connectivity index (χ0n) is 16.0. The summed E-state index contributed by atoms with van der Waals surface area (Å²) < 4.78 is 35.1. The number of nitriles is 1. The van der Waals surface area contributed by atoms with E-state index in [1.807, 2.05) is 11.0 Å². The van der Waals surface area contributed by atoms with Crippen LogP contribution in [0.4, 0.5) is 14.5 Å². The number of nitrogens with zero attached hydrogens (tertiary/aromatic N) is 5. The van der Waals surface area contributed by atoms with Gasteiger partial charge in [0, 0.05) is 51.1 Å². The van der Waals surface area contributed by atoms with Gasteiger partial charge in [-0.2, -0.15) is 14.0 Å². The second-order valence-electron chi connectivity index (χ2n) is 6.75. The van der Waals surface area contributed by atoms with Crippen molar-refractivity contribution in [2.75, 3.05) is 31.1 Å². The molecule has 0 bridgehead atoms. The first-order valence-electron chi connectivity index (χ1n) is 9.20. The van der Waals surface area contributed by atoms with Gasteiger partial charge < -0.3 is 19.0 Å². The van der Waals surface area contributed by atoms with Crippen molar-refractivity contribution in [3.05, 3.63) is 47.6 Å². The largest absolute Gasteiger partial charge is 0.440 e. The maximum Gasteiger partial charge on any atom is 0.387 e. The van der Waals surface area contributed by atoms with Crippen molar-refractivity contribution >= 4 is 22.7 Å². The highest BCUT2D eigenvalue weighted by molar-refractivity contribution is 6.03. The first kappa shape index (κ1) is 19.6. The van der Waals surface area contributed by atoms with Crippen LogP contribution in [0.25, 0.3) is 11.1 Å². The molecule has 1 aliphatic rings. The molecular formula is C20H17F2N5O3. The number of alkyl halides is 2. The van der Waals surface area contributed by atoms with E-state index < -0.39 is 6.61 Å². The number of piperazine rings is 1. The zero-order chi connectivity index (χ0) is 21.3. The van der Waals surface area contributed by atoms with E-state index in [1.165, 1.54) is 18.3 Å². The Labute approximate surface area is 170 Å². The molecule has 0 radical (unpaired) electrons. The predicted octanol–water partition coefficient (Wildman–Crippen LogP) is 2.97. The smallest absolute Gasteiger partial charge is 0.387 e. The van der Waals surface area contributed by atoms with Gasteiger partial charge in [0.2, 0.25) is 0 Å².